The van der Waals surface area contributed by atoms with Crippen LogP contribution in [0.25, 0.3) is 0 Å². The van der Waals surface area contributed by atoms with Crippen LogP contribution in [0.1, 0.15) is 53.4 Å². The quantitative estimate of drug-likeness (QED) is 0.312. The van der Waals surface area contributed by atoms with Crippen LogP contribution in [0, 0.1) is 0 Å². The molecule has 0 saturated carbocycles. The van der Waals surface area contributed by atoms with E-state index in [0.717, 1.165) is 4.43 Å². The summed E-state index contributed by atoms with van der Waals surface area (Å²) in [5, 5.41) is 0. The third-order valence-electron chi connectivity index (χ3n) is 2.55. The summed E-state index contributed by atoms with van der Waals surface area (Å²) < 4.78 is 1.13. The fraction of sp³-hybridized carbons (Fsp3) is 0.600. The van der Waals surface area contributed by atoms with Gasteiger partial charge in [-0.1, -0.05) is 57.5 Å². The average Bonchev–Trinajstić information content (AvgIpc) is 2.17. The van der Waals surface area contributed by atoms with Crippen molar-refractivity contribution in [2.75, 3.05) is 4.43 Å². The van der Waals surface area contributed by atoms with Crippen LogP contribution in [0.4, 0.5) is 0 Å². The van der Waals surface area contributed by atoms with Crippen LogP contribution in [0.3, 0.4) is 0 Å². The first kappa shape index (κ1) is 16.0. The number of halogens is 1. The van der Waals surface area contributed by atoms with Crippen molar-refractivity contribution in [3.63, 3.8) is 0 Å². The van der Waals surface area contributed by atoms with Gasteiger partial charge in [0, 0.05) is 4.43 Å². The molecule has 0 aliphatic rings. The molecule has 0 atom stereocenters. The molecule has 0 aromatic heterocycles. The third-order valence-corrected chi connectivity index (χ3v) is 2.99. The van der Waals surface area contributed by atoms with Gasteiger partial charge in [0.1, 0.15) is 0 Å². The van der Waals surface area contributed by atoms with E-state index in [0.29, 0.717) is 0 Å². The lowest BCUT2D eigenvalue weighted by Gasteiger charge is -2.00. The molecule has 16 heavy (non-hydrogen) atoms. The van der Waals surface area contributed by atoms with Crippen molar-refractivity contribution >= 4 is 22.6 Å². The van der Waals surface area contributed by atoms with Gasteiger partial charge >= 0.3 is 0 Å². The Morgan fingerprint density at radius 1 is 0.812 bits per heavy atom. The molecule has 0 aliphatic heterocycles. The fourth-order valence-corrected chi connectivity index (χ4v) is 2.22. The van der Waals surface area contributed by atoms with E-state index in [9.17, 15) is 0 Å². The molecule has 0 amide bonds. The number of rotatable bonds is 7. The van der Waals surface area contributed by atoms with Gasteiger partial charge in [0.15, 0.2) is 0 Å². The fourth-order valence-electron chi connectivity index (χ4n) is 1.47. The molecule has 0 bridgehead atoms. The van der Waals surface area contributed by atoms with Gasteiger partial charge < -0.3 is 0 Å². The average molecular weight is 332 g/mol. The summed E-state index contributed by atoms with van der Waals surface area (Å²) >= 11 is 2.39. The van der Waals surface area contributed by atoms with E-state index < -0.39 is 0 Å². The van der Waals surface area contributed by atoms with E-state index in [-0.39, 0.29) is 0 Å². The van der Waals surface area contributed by atoms with Crippen LogP contribution in [-0.2, 0) is 0 Å². The van der Waals surface area contributed by atoms with E-state index in [2.05, 4.69) is 68.5 Å². The van der Waals surface area contributed by atoms with E-state index in [1.54, 1.807) is 0 Å². The minimum Gasteiger partial charge on any atom is -0.0856 e. The zero-order valence-corrected chi connectivity index (χ0v) is 13.3. The third kappa shape index (κ3) is 10.5. The maximum atomic E-state index is 2.39. The van der Waals surface area contributed by atoms with E-state index in [4.69, 9.17) is 0 Å². The molecule has 0 heterocycles. The van der Waals surface area contributed by atoms with Crippen molar-refractivity contribution in [2.24, 2.45) is 0 Å². The minimum absolute atomic E-state index is 1.13. The number of allylic oxidation sites excluding steroid dienone is 6. The Hall–Kier alpha value is -0.0500. The molecule has 0 unspecified atom stereocenters. The molecule has 0 radical (unpaired) electrons. The number of hydrogen-bond donors (Lipinski definition) is 0. The second-order valence-corrected chi connectivity index (χ2v) is 5.49. The molecule has 0 aromatic carbocycles. The molecule has 0 aliphatic carbocycles. The Bertz CT molecular complexity index is 265. The van der Waals surface area contributed by atoms with Gasteiger partial charge in [-0.2, -0.15) is 0 Å². The highest BCUT2D eigenvalue weighted by molar-refractivity contribution is 14.1. The van der Waals surface area contributed by atoms with Gasteiger partial charge in [-0.3, -0.25) is 0 Å². The van der Waals surface area contributed by atoms with Crippen LogP contribution in [-0.4, -0.2) is 4.43 Å². The van der Waals surface area contributed by atoms with Crippen LogP contribution in [0.2, 0.25) is 0 Å². The maximum absolute atomic E-state index is 2.39. The molecule has 0 nitrogen and oxygen atoms in total. The highest BCUT2D eigenvalue weighted by atomic mass is 127. The van der Waals surface area contributed by atoms with Crippen molar-refractivity contribution in [2.45, 2.75) is 53.4 Å². The molecule has 0 saturated heterocycles. The van der Waals surface area contributed by atoms with Gasteiger partial charge in [-0.05, 0) is 53.4 Å². The van der Waals surface area contributed by atoms with Crippen molar-refractivity contribution in [1.82, 2.24) is 0 Å². The summed E-state index contributed by atoms with van der Waals surface area (Å²) in [5.74, 6) is 0. The SMILES string of the molecule is CC(C)=CCCC(C)=CCCC(C)=CCI. The number of hydrogen-bond acceptors (Lipinski definition) is 0. The lowest BCUT2D eigenvalue weighted by molar-refractivity contribution is 0.917. The van der Waals surface area contributed by atoms with Crippen LogP contribution >= 0.6 is 22.6 Å². The first-order valence-electron chi connectivity index (χ1n) is 6.07. The molecule has 0 rings (SSSR count). The Balaban J connectivity index is 3.79. The number of alkyl halides is 1. The van der Waals surface area contributed by atoms with E-state index in [1.807, 2.05) is 0 Å². The summed E-state index contributed by atoms with van der Waals surface area (Å²) in [7, 11) is 0. The summed E-state index contributed by atoms with van der Waals surface area (Å²) in [4.78, 5) is 0. The first-order chi connectivity index (χ1) is 7.56. The predicted molar refractivity (Wildman–Crippen MR) is 84.3 cm³/mol. The van der Waals surface area contributed by atoms with Gasteiger partial charge in [0.05, 0.1) is 0 Å². The molecular weight excluding hydrogens is 307 g/mol. The smallest absolute Gasteiger partial charge is 0.0178 e. The summed E-state index contributed by atoms with van der Waals surface area (Å²) in [6.07, 6.45) is 11.8. The molecule has 1 heteroatoms. The van der Waals surface area contributed by atoms with Gasteiger partial charge in [0.2, 0.25) is 0 Å². The maximum Gasteiger partial charge on any atom is 0.0178 e. The second kappa shape index (κ2) is 10.1. The molecule has 92 valence electrons. The normalized spacial score (nSPS) is 12.8. The van der Waals surface area contributed by atoms with E-state index >= 15 is 0 Å². The monoisotopic (exact) mass is 332 g/mol. The molecule has 0 aromatic rings. The van der Waals surface area contributed by atoms with E-state index in [1.165, 1.54) is 42.4 Å². The Morgan fingerprint density at radius 3 is 1.81 bits per heavy atom. The van der Waals surface area contributed by atoms with Crippen molar-refractivity contribution in [1.29, 1.82) is 0 Å². The second-order valence-electron chi connectivity index (χ2n) is 4.61. The van der Waals surface area contributed by atoms with Crippen LogP contribution in [0.15, 0.2) is 34.9 Å². The van der Waals surface area contributed by atoms with Crippen LogP contribution in [0.5, 0.6) is 0 Å². The summed E-state index contributed by atoms with van der Waals surface area (Å²) in [6, 6.07) is 0. The van der Waals surface area contributed by atoms with Crippen molar-refractivity contribution < 1.29 is 0 Å². The molecular formula is C15H25I. The summed E-state index contributed by atoms with van der Waals surface area (Å²) in [6.45, 7) is 8.80. The zero-order chi connectivity index (χ0) is 12.4. The zero-order valence-electron chi connectivity index (χ0n) is 11.1. The molecule has 0 N–H and O–H groups in total. The van der Waals surface area contributed by atoms with Crippen molar-refractivity contribution in [3.05, 3.63) is 34.9 Å². The van der Waals surface area contributed by atoms with Crippen LogP contribution < -0.4 is 0 Å². The highest BCUT2D eigenvalue weighted by Gasteiger charge is 1.91. The predicted octanol–water partition coefficient (Wildman–Crippen LogP) is 5.84. The first-order valence-corrected chi connectivity index (χ1v) is 7.59. The Kier molecular flexibility index (Phi) is 10.1. The summed E-state index contributed by atoms with van der Waals surface area (Å²) in [5.41, 5.74) is 4.47. The van der Waals surface area contributed by atoms with Crippen molar-refractivity contribution in [3.8, 4) is 0 Å². The topological polar surface area (TPSA) is 0 Å². The Labute approximate surface area is 115 Å². The lowest BCUT2D eigenvalue weighted by atomic mass is 10.1. The Morgan fingerprint density at radius 2 is 1.31 bits per heavy atom. The van der Waals surface area contributed by atoms with Gasteiger partial charge in [-0.25, -0.2) is 0 Å². The highest BCUT2D eigenvalue weighted by Crippen LogP contribution is 2.11. The van der Waals surface area contributed by atoms with Gasteiger partial charge in [0.25, 0.3) is 0 Å². The van der Waals surface area contributed by atoms with Gasteiger partial charge in [-0.15, -0.1) is 0 Å². The molecule has 0 fully saturated rings. The standard InChI is InChI=1S/C15H25I/c1-13(2)7-5-8-14(3)9-6-10-15(4)11-12-16/h7,9,11H,5-6,8,10,12H2,1-4H3. The lowest BCUT2D eigenvalue weighted by Crippen LogP contribution is -1.80. The molecule has 0 spiro atoms. The minimum atomic E-state index is 1.13. The largest absolute Gasteiger partial charge is 0.0856 e.